The van der Waals surface area contributed by atoms with Crippen LogP contribution < -0.4 is 0 Å². The molecular weight excluding hydrogens is 449 g/mol. The van der Waals surface area contributed by atoms with Crippen molar-refractivity contribution < 1.29 is 13.6 Å². The number of hydrogen-bond acceptors (Lipinski definition) is 7. The lowest BCUT2D eigenvalue weighted by molar-refractivity contribution is 0.0621. The number of imidazole rings is 1. The Hall–Kier alpha value is -4.34. The molecule has 0 spiro atoms. The summed E-state index contributed by atoms with van der Waals surface area (Å²) in [5, 5.41) is 5.65. The van der Waals surface area contributed by atoms with Gasteiger partial charge >= 0.3 is 0 Å². The molecule has 1 N–H and O–H groups in total. The maximum absolute atomic E-state index is 14.5. The van der Waals surface area contributed by atoms with E-state index in [2.05, 4.69) is 31.8 Å². The van der Waals surface area contributed by atoms with E-state index in [0.29, 0.717) is 25.1 Å². The minimum absolute atomic E-state index is 0.0389. The molecule has 0 fully saturated rings. The van der Waals surface area contributed by atoms with Gasteiger partial charge in [0.2, 0.25) is 11.7 Å². The van der Waals surface area contributed by atoms with Gasteiger partial charge in [0.05, 0.1) is 23.8 Å². The summed E-state index contributed by atoms with van der Waals surface area (Å²) < 4.78 is 20.4. The fraction of sp³-hybridized carbons (Fsp3) is 0.240. The average molecular weight is 474 g/mol. The van der Waals surface area contributed by atoms with Crippen molar-refractivity contribution in [2.75, 3.05) is 6.54 Å². The van der Waals surface area contributed by atoms with Crippen molar-refractivity contribution in [1.29, 1.82) is 0 Å². The average Bonchev–Trinajstić information content (AvgIpc) is 3.55. The summed E-state index contributed by atoms with van der Waals surface area (Å²) >= 11 is 0. The van der Waals surface area contributed by atoms with Gasteiger partial charge in [-0.05, 0) is 37.6 Å². The van der Waals surface area contributed by atoms with Gasteiger partial charge in [-0.3, -0.25) is 9.78 Å². The van der Waals surface area contributed by atoms with Crippen LogP contribution in [0.1, 0.15) is 53.2 Å². The number of nitrogens with zero attached hydrogens (tertiary/aromatic N) is 6. The number of alkyl halides is 1. The molecule has 3 aromatic heterocycles. The SMILES string of the molecule is C=NN1C=CC=C/C1=C/C[C@H]1c2nc[nH]c2CCN1C(=O)c1oc(-c2ccccn2)nc1C(C)F. The number of H-pyrrole nitrogens is 1. The highest BCUT2D eigenvalue weighted by molar-refractivity contribution is 5.93. The Balaban J connectivity index is 1.50. The first kappa shape index (κ1) is 22.5. The molecule has 5 heterocycles. The molecule has 1 amide bonds. The van der Waals surface area contributed by atoms with Gasteiger partial charge in [0.25, 0.3) is 5.91 Å². The Labute approximate surface area is 201 Å². The van der Waals surface area contributed by atoms with Crippen molar-refractivity contribution in [2.45, 2.75) is 32.0 Å². The van der Waals surface area contributed by atoms with Crippen molar-refractivity contribution in [2.24, 2.45) is 5.10 Å². The summed E-state index contributed by atoms with van der Waals surface area (Å²) in [5.74, 6) is -0.447. The van der Waals surface area contributed by atoms with Crippen LogP contribution in [0.4, 0.5) is 4.39 Å². The molecule has 0 bridgehead atoms. The molecular formula is C25H24FN7O2. The Morgan fingerprint density at radius 2 is 2.29 bits per heavy atom. The zero-order chi connectivity index (χ0) is 24.4. The van der Waals surface area contributed by atoms with Gasteiger partial charge in [0, 0.05) is 37.8 Å². The van der Waals surface area contributed by atoms with Gasteiger partial charge in [0.1, 0.15) is 17.6 Å². The number of halogens is 1. The van der Waals surface area contributed by atoms with E-state index in [9.17, 15) is 9.18 Å². The number of pyridine rings is 1. The van der Waals surface area contributed by atoms with E-state index in [1.165, 1.54) is 6.92 Å². The molecule has 5 rings (SSSR count). The van der Waals surface area contributed by atoms with E-state index >= 15 is 0 Å². The molecule has 35 heavy (non-hydrogen) atoms. The van der Waals surface area contributed by atoms with Crippen LogP contribution >= 0.6 is 0 Å². The van der Waals surface area contributed by atoms with E-state index in [4.69, 9.17) is 4.42 Å². The number of fused-ring (bicyclic) bond motifs is 1. The van der Waals surface area contributed by atoms with E-state index in [0.717, 1.165) is 17.1 Å². The first-order valence-corrected chi connectivity index (χ1v) is 11.3. The minimum atomic E-state index is -1.49. The van der Waals surface area contributed by atoms with Crippen LogP contribution in [0.15, 0.2) is 76.4 Å². The third kappa shape index (κ3) is 4.30. The maximum Gasteiger partial charge on any atom is 0.292 e. The molecule has 9 nitrogen and oxygen atoms in total. The molecule has 10 heteroatoms. The predicted octanol–water partition coefficient (Wildman–Crippen LogP) is 4.50. The van der Waals surface area contributed by atoms with Crippen LogP contribution in [0.5, 0.6) is 0 Å². The summed E-state index contributed by atoms with van der Waals surface area (Å²) in [6, 6.07) is 4.84. The molecule has 0 saturated heterocycles. The summed E-state index contributed by atoms with van der Waals surface area (Å²) in [5.41, 5.74) is 2.96. The minimum Gasteiger partial charge on any atom is -0.429 e. The third-order valence-electron chi connectivity index (χ3n) is 5.99. The van der Waals surface area contributed by atoms with E-state index in [1.54, 1.807) is 46.8 Å². The number of rotatable bonds is 6. The van der Waals surface area contributed by atoms with Gasteiger partial charge in [-0.2, -0.15) is 5.10 Å². The first-order valence-electron chi connectivity index (χ1n) is 11.3. The lowest BCUT2D eigenvalue weighted by atomic mass is 9.98. The standard InChI is InChI=1S/C25H24FN7O2/c1-16(26)21-23(35-24(31-21)19-8-3-5-12-28-19)25(34)32-14-11-18-22(30-15-29-18)20(32)10-9-17-7-4-6-13-33(17)27-2/h3-9,12-13,15-16,20H,2,10-11,14H2,1H3,(H,29,30)/b17-9-/t16?,20-/m0/s1. The lowest BCUT2D eigenvalue weighted by Gasteiger charge is -2.34. The Morgan fingerprint density at radius 1 is 1.40 bits per heavy atom. The normalized spacial score (nSPS) is 19.1. The Kier molecular flexibility index (Phi) is 6.09. The summed E-state index contributed by atoms with van der Waals surface area (Å²) in [4.78, 5) is 31.6. The summed E-state index contributed by atoms with van der Waals surface area (Å²) in [6.45, 7) is 5.35. The molecule has 1 unspecified atom stereocenters. The number of nitrogens with one attached hydrogen (secondary N) is 1. The van der Waals surface area contributed by atoms with E-state index in [-0.39, 0.29) is 23.4 Å². The highest BCUT2D eigenvalue weighted by Gasteiger charge is 2.37. The number of hydrogen-bond donors (Lipinski definition) is 1. The second-order valence-electron chi connectivity index (χ2n) is 8.15. The number of hydrazone groups is 1. The Bertz CT molecular complexity index is 1320. The molecule has 2 aliphatic heterocycles. The quantitative estimate of drug-likeness (QED) is 0.529. The van der Waals surface area contributed by atoms with Crippen LogP contribution in [-0.4, -0.2) is 49.0 Å². The van der Waals surface area contributed by atoms with Gasteiger partial charge in [-0.1, -0.05) is 18.2 Å². The second-order valence-corrected chi connectivity index (χ2v) is 8.15. The fourth-order valence-electron chi connectivity index (χ4n) is 4.29. The molecule has 2 atom stereocenters. The van der Waals surface area contributed by atoms with Crippen LogP contribution in [0.3, 0.4) is 0 Å². The number of allylic oxidation sites excluding steroid dienone is 3. The molecule has 0 saturated carbocycles. The number of carbonyl (C=O) groups excluding carboxylic acids is 1. The molecule has 0 radical (unpaired) electrons. The fourth-order valence-corrected chi connectivity index (χ4v) is 4.29. The lowest BCUT2D eigenvalue weighted by Crippen LogP contribution is -2.40. The number of carbonyl (C=O) groups is 1. The Morgan fingerprint density at radius 3 is 3.06 bits per heavy atom. The van der Waals surface area contributed by atoms with Crippen LogP contribution in [0.2, 0.25) is 0 Å². The number of amides is 1. The summed E-state index contributed by atoms with van der Waals surface area (Å²) in [6.07, 6.45) is 12.2. The zero-order valence-electron chi connectivity index (χ0n) is 19.1. The second kappa shape index (κ2) is 9.49. The van der Waals surface area contributed by atoms with Crippen molar-refractivity contribution in [3.05, 3.63) is 89.8 Å². The van der Waals surface area contributed by atoms with Gasteiger partial charge in [-0.25, -0.2) is 19.4 Å². The first-order chi connectivity index (χ1) is 17.1. The molecule has 2 aliphatic rings. The van der Waals surface area contributed by atoms with Gasteiger partial charge < -0.3 is 14.3 Å². The smallest absolute Gasteiger partial charge is 0.292 e. The van der Waals surface area contributed by atoms with Crippen molar-refractivity contribution >= 4 is 12.6 Å². The number of aromatic nitrogens is 4. The van der Waals surface area contributed by atoms with Crippen molar-refractivity contribution in [1.82, 2.24) is 29.8 Å². The summed E-state index contributed by atoms with van der Waals surface area (Å²) in [7, 11) is 0. The molecule has 0 aromatic carbocycles. The predicted molar refractivity (Wildman–Crippen MR) is 128 cm³/mol. The monoisotopic (exact) mass is 473 g/mol. The zero-order valence-corrected chi connectivity index (χ0v) is 19.1. The van der Waals surface area contributed by atoms with Crippen LogP contribution in [0.25, 0.3) is 11.6 Å². The highest BCUT2D eigenvalue weighted by atomic mass is 19.1. The molecule has 0 aliphatic carbocycles. The maximum atomic E-state index is 14.5. The molecule has 178 valence electrons. The third-order valence-corrected chi connectivity index (χ3v) is 5.99. The van der Waals surface area contributed by atoms with Crippen LogP contribution in [0, 0.1) is 0 Å². The number of oxazole rings is 1. The van der Waals surface area contributed by atoms with Gasteiger partial charge in [-0.15, -0.1) is 0 Å². The van der Waals surface area contributed by atoms with Gasteiger partial charge in [0.15, 0.2) is 0 Å². The van der Waals surface area contributed by atoms with E-state index < -0.39 is 12.1 Å². The largest absolute Gasteiger partial charge is 0.429 e. The van der Waals surface area contributed by atoms with Crippen molar-refractivity contribution in [3.8, 4) is 11.6 Å². The topological polar surface area (TPSA) is 104 Å². The molecule has 3 aromatic rings. The van der Waals surface area contributed by atoms with Crippen LogP contribution in [-0.2, 0) is 6.42 Å². The highest BCUT2D eigenvalue weighted by Crippen LogP contribution is 2.35. The van der Waals surface area contributed by atoms with E-state index in [1.807, 2.05) is 24.3 Å². The van der Waals surface area contributed by atoms with Crippen molar-refractivity contribution in [3.63, 3.8) is 0 Å². The number of aromatic amines is 1.